The molecule has 1 aliphatic heterocycles. The van der Waals surface area contributed by atoms with Crippen LogP contribution in [0, 0.1) is 0 Å². The van der Waals surface area contributed by atoms with Gasteiger partial charge in [0, 0.05) is 5.56 Å². The molecule has 31 heavy (non-hydrogen) atoms. The SMILES string of the molecule is CCCCCCCCCCCCC/C=C/[C@@H](O)[C@@H]1COC(=O)N1C(=O)c1ccccc1. The van der Waals surface area contributed by atoms with Crippen molar-refractivity contribution >= 4 is 12.0 Å². The first-order valence-corrected chi connectivity index (χ1v) is 12.0. The Balaban J connectivity index is 1.62. The number of hydrogen-bond donors (Lipinski definition) is 1. The number of carbonyl (C=O) groups excluding carboxylic acids is 2. The summed E-state index contributed by atoms with van der Waals surface area (Å²) >= 11 is 0. The number of aliphatic hydroxyl groups is 1. The summed E-state index contributed by atoms with van der Waals surface area (Å²) in [5.74, 6) is -0.439. The molecule has 0 bridgehead atoms. The van der Waals surface area contributed by atoms with Gasteiger partial charge >= 0.3 is 6.09 Å². The number of benzene rings is 1. The molecule has 5 nitrogen and oxygen atoms in total. The van der Waals surface area contributed by atoms with E-state index in [-0.39, 0.29) is 6.61 Å². The first kappa shape index (κ1) is 25.1. The first-order chi connectivity index (χ1) is 15.1. The number of cyclic esters (lactones) is 1. The van der Waals surface area contributed by atoms with Crippen LogP contribution in [0.1, 0.15) is 94.3 Å². The summed E-state index contributed by atoms with van der Waals surface area (Å²) in [6.45, 7) is 2.27. The zero-order valence-electron chi connectivity index (χ0n) is 19.0. The van der Waals surface area contributed by atoms with E-state index in [0.717, 1.165) is 17.7 Å². The van der Waals surface area contributed by atoms with Gasteiger partial charge in [0.2, 0.25) is 0 Å². The van der Waals surface area contributed by atoms with Crippen LogP contribution in [0.3, 0.4) is 0 Å². The lowest BCUT2D eigenvalue weighted by Crippen LogP contribution is -2.45. The topological polar surface area (TPSA) is 66.8 Å². The molecule has 2 atom stereocenters. The van der Waals surface area contributed by atoms with E-state index in [4.69, 9.17) is 4.74 Å². The molecular formula is C26H39NO4. The van der Waals surface area contributed by atoms with E-state index in [0.29, 0.717) is 5.56 Å². The Morgan fingerprint density at radius 2 is 1.61 bits per heavy atom. The fraction of sp³-hybridized carbons (Fsp3) is 0.615. The zero-order valence-corrected chi connectivity index (χ0v) is 19.0. The Hall–Kier alpha value is -2.14. The molecule has 1 aliphatic rings. The smallest absolute Gasteiger partial charge is 0.417 e. The largest absolute Gasteiger partial charge is 0.447 e. The van der Waals surface area contributed by atoms with Crippen LogP contribution in [0.15, 0.2) is 42.5 Å². The maximum atomic E-state index is 12.7. The van der Waals surface area contributed by atoms with Crippen LogP contribution in [-0.4, -0.2) is 40.8 Å². The van der Waals surface area contributed by atoms with Crippen molar-refractivity contribution in [3.63, 3.8) is 0 Å². The van der Waals surface area contributed by atoms with Crippen LogP contribution < -0.4 is 0 Å². The molecular weight excluding hydrogens is 390 g/mol. The van der Waals surface area contributed by atoms with Gasteiger partial charge in [-0.15, -0.1) is 0 Å². The maximum Gasteiger partial charge on any atom is 0.417 e. The van der Waals surface area contributed by atoms with E-state index in [1.54, 1.807) is 30.3 Å². The quantitative estimate of drug-likeness (QED) is 0.264. The molecule has 0 aliphatic carbocycles. The fourth-order valence-corrected chi connectivity index (χ4v) is 3.93. The number of unbranched alkanes of at least 4 members (excludes halogenated alkanes) is 11. The van der Waals surface area contributed by atoms with Gasteiger partial charge in [-0.1, -0.05) is 101 Å². The van der Waals surface area contributed by atoms with Crippen molar-refractivity contribution in [2.24, 2.45) is 0 Å². The molecule has 0 aromatic heterocycles. The minimum Gasteiger partial charge on any atom is -0.447 e. The molecule has 1 fully saturated rings. The highest BCUT2D eigenvalue weighted by molar-refractivity contribution is 6.04. The molecule has 0 saturated carbocycles. The van der Waals surface area contributed by atoms with Gasteiger partial charge in [-0.3, -0.25) is 4.79 Å². The third-order valence-electron chi connectivity index (χ3n) is 5.85. The Morgan fingerprint density at radius 1 is 1.03 bits per heavy atom. The summed E-state index contributed by atoms with van der Waals surface area (Å²) in [5.41, 5.74) is 0.406. The molecule has 1 heterocycles. The molecule has 2 amide bonds. The van der Waals surface area contributed by atoms with Crippen molar-refractivity contribution in [3.05, 3.63) is 48.0 Å². The number of ether oxygens (including phenoxy) is 1. The number of aliphatic hydroxyl groups excluding tert-OH is 1. The molecule has 1 N–H and O–H groups in total. The normalized spacial score (nSPS) is 17.3. The number of allylic oxidation sites excluding steroid dienone is 1. The van der Waals surface area contributed by atoms with Crippen LogP contribution in [0.4, 0.5) is 4.79 Å². The van der Waals surface area contributed by atoms with E-state index in [9.17, 15) is 14.7 Å². The first-order valence-electron chi connectivity index (χ1n) is 12.0. The van der Waals surface area contributed by atoms with Gasteiger partial charge in [0.1, 0.15) is 12.6 Å². The van der Waals surface area contributed by atoms with Crippen LogP contribution in [0.5, 0.6) is 0 Å². The summed E-state index contributed by atoms with van der Waals surface area (Å²) in [5, 5.41) is 10.5. The van der Waals surface area contributed by atoms with E-state index in [1.165, 1.54) is 64.2 Å². The Bertz CT molecular complexity index is 673. The van der Waals surface area contributed by atoms with Gasteiger partial charge in [-0.25, -0.2) is 9.69 Å². The van der Waals surface area contributed by atoms with Crippen molar-refractivity contribution in [1.82, 2.24) is 4.90 Å². The number of amides is 2. The van der Waals surface area contributed by atoms with Crippen LogP contribution in [0.2, 0.25) is 0 Å². The number of rotatable bonds is 15. The Morgan fingerprint density at radius 3 is 2.23 bits per heavy atom. The fourth-order valence-electron chi connectivity index (χ4n) is 3.93. The van der Waals surface area contributed by atoms with Gasteiger partial charge in [0.05, 0.1) is 6.10 Å². The second-order valence-corrected chi connectivity index (χ2v) is 8.43. The highest BCUT2D eigenvalue weighted by Crippen LogP contribution is 2.20. The summed E-state index contributed by atoms with van der Waals surface area (Å²) in [6, 6.07) is 7.91. The van der Waals surface area contributed by atoms with Gasteiger partial charge < -0.3 is 9.84 Å². The number of hydrogen-bond acceptors (Lipinski definition) is 4. The third-order valence-corrected chi connectivity index (χ3v) is 5.85. The van der Waals surface area contributed by atoms with Crippen molar-refractivity contribution in [2.75, 3.05) is 6.61 Å². The highest BCUT2D eigenvalue weighted by atomic mass is 16.6. The number of carbonyl (C=O) groups is 2. The molecule has 0 spiro atoms. The minimum absolute atomic E-state index is 0.0152. The van der Waals surface area contributed by atoms with E-state index in [2.05, 4.69) is 6.92 Å². The lowest BCUT2D eigenvalue weighted by Gasteiger charge is -2.22. The highest BCUT2D eigenvalue weighted by Gasteiger charge is 2.41. The lowest BCUT2D eigenvalue weighted by atomic mass is 10.0. The van der Waals surface area contributed by atoms with E-state index < -0.39 is 24.1 Å². The average molecular weight is 430 g/mol. The van der Waals surface area contributed by atoms with Gasteiger partial charge in [-0.05, 0) is 25.0 Å². The maximum absolute atomic E-state index is 12.7. The molecule has 2 rings (SSSR count). The molecule has 1 aromatic rings. The molecule has 0 radical (unpaired) electrons. The summed E-state index contributed by atoms with van der Waals surface area (Å²) < 4.78 is 5.03. The van der Waals surface area contributed by atoms with E-state index >= 15 is 0 Å². The monoisotopic (exact) mass is 429 g/mol. The minimum atomic E-state index is -0.924. The average Bonchev–Trinajstić information content (AvgIpc) is 3.18. The number of imide groups is 1. The van der Waals surface area contributed by atoms with Crippen molar-refractivity contribution in [3.8, 4) is 0 Å². The van der Waals surface area contributed by atoms with E-state index in [1.807, 2.05) is 12.1 Å². The second kappa shape index (κ2) is 14.8. The molecule has 0 unspecified atom stereocenters. The van der Waals surface area contributed by atoms with Crippen LogP contribution >= 0.6 is 0 Å². The summed E-state index contributed by atoms with van der Waals surface area (Å²) in [7, 11) is 0. The second-order valence-electron chi connectivity index (χ2n) is 8.43. The van der Waals surface area contributed by atoms with Crippen molar-refractivity contribution < 1.29 is 19.4 Å². The van der Waals surface area contributed by atoms with Gasteiger partial charge in [0.25, 0.3) is 5.91 Å². The standard InChI is InChI=1S/C26H39NO4/c1-2-3-4-5-6-7-8-9-10-11-12-13-17-20-24(28)23-21-31-26(30)27(23)25(29)22-18-15-14-16-19-22/h14-20,23-24,28H,2-13,21H2,1H3/b20-17+/t23-,24+/m0/s1. The van der Waals surface area contributed by atoms with Gasteiger partial charge in [-0.2, -0.15) is 0 Å². The predicted molar refractivity (Wildman–Crippen MR) is 124 cm³/mol. The number of nitrogens with zero attached hydrogens (tertiary/aromatic N) is 1. The lowest BCUT2D eigenvalue weighted by molar-refractivity contribution is 0.0671. The Labute approximate surface area is 187 Å². The van der Waals surface area contributed by atoms with Crippen molar-refractivity contribution in [1.29, 1.82) is 0 Å². The molecule has 1 aromatic carbocycles. The van der Waals surface area contributed by atoms with Gasteiger partial charge in [0.15, 0.2) is 0 Å². The summed E-state index contributed by atoms with van der Waals surface area (Å²) in [6.07, 6.45) is 17.3. The molecule has 172 valence electrons. The molecule has 1 saturated heterocycles. The molecule has 5 heteroatoms. The van der Waals surface area contributed by atoms with Crippen molar-refractivity contribution in [2.45, 2.75) is 96.1 Å². The Kier molecular flexibility index (Phi) is 12.0. The third kappa shape index (κ3) is 8.86. The predicted octanol–water partition coefficient (Wildman–Crippen LogP) is 6.27. The summed E-state index contributed by atoms with van der Waals surface area (Å²) in [4.78, 5) is 25.7. The zero-order chi connectivity index (χ0) is 22.3. The van der Waals surface area contributed by atoms with Crippen LogP contribution in [-0.2, 0) is 4.74 Å². The van der Waals surface area contributed by atoms with Crippen LogP contribution in [0.25, 0.3) is 0 Å².